The Morgan fingerprint density at radius 3 is 2.40 bits per heavy atom. The van der Waals surface area contributed by atoms with Gasteiger partial charge in [-0.25, -0.2) is 8.78 Å². The maximum absolute atomic E-state index is 11.6. The van der Waals surface area contributed by atoms with Crippen molar-refractivity contribution >= 4 is 0 Å². The third kappa shape index (κ3) is 4.44. The van der Waals surface area contributed by atoms with E-state index in [9.17, 15) is 8.78 Å². The first-order valence-corrected chi connectivity index (χ1v) is 3.20. The summed E-state index contributed by atoms with van der Waals surface area (Å²) in [5.41, 5.74) is 0. The van der Waals surface area contributed by atoms with E-state index in [1.165, 1.54) is 0 Å². The van der Waals surface area contributed by atoms with Crippen molar-refractivity contribution in [3.05, 3.63) is 12.7 Å². The number of rotatable bonds is 5. The Kier molecular flexibility index (Phi) is 5.12. The van der Waals surface area contributed by atoms with Crippen LogP contribution in [0.2, 0.25) is 0 Å². The summed E-state index contributed by atoms with van der Waals surface area (Å²) in [6.07, 6.45) is -0.552. The second-order valence-corrected chi connectivity index (χ2v) is 2.20. The molecule has 0 fully saturated rings. The molecule has 1 unspecified atom stereocenters. The molecule has 1 atom stereocenters. The first kappa shape index (κ1) is 9.56. The Labute approximate surface area is 59.4 Å². The van der Waals surface area contributed by atoms with E-state index in [2.05, 4.69) is 6.58 Å². The Bertz CT molecular complexity index is 93.6. The molecule has 0 aliphatic rings. The van der Waals surface area contributed by atoms with E-state index in [1.807, 2.05) is 0 Å². The lowest BCUT2D eigenvalue weighted by molar-refractivity contribution is 0.0935. The van der Waals surface area contributed by atoms with Gasteiger partial charge < -0.3 is 5.11 Å². The number of aliphatic hydroxyl groups is 1. The van der Waals surface area contributed by atoms with E-state index in [-0.39, 0.29) is 18.9 Å². The van der Waals surface area contributed by atoms with Crippen LogP contribution in [0, 0.1) is 5.92 Å². The van der Waals surface area contributed by atoms with Crippen LogP contribution in [0.3, 0.4) is 0 Å². The fourth-order valence-electron chi connectivity index (χ4n) is 0.733. The zero-order chi connectivity index (χ0) is 7.98. The van der Waals surface area contributed by atoms with Gasteiger partial charge in [0.25, 0.3) is 0 Å². The number of allylic oxidation sites excluding steroid dienone is 1. The molecular weight excluding hydrogens is 138 g/mol. The molecule has 10 heavy (non-hydrogen) atoms. The topological polar surface area (TPSA) is 20.2 Å². The van der Waals surface area contributed by atoms with E-state index in [1.54, 1.807) is 6.08 Å². The van der Waals surface area contributed by atoms with Gasteiger partial charge in [-0.2, -0.15) is 0 Å². The molecule has 0 bridgehead atoms. The first-order valence-electron chi connectivity index (χ1n) is 3.20. The van der Waals surface area contributed by atoms with Gasteiger partial charge >= 0.3 is 0 Å². The molecule has 0 aliphatic carbocycles. The number of aliphatic hydroxyl groups excluding tert-OH is 1. The molecule has 0 spiro atoms. The summed E-state index contributed by atoms with van der Waals surface area (Å²) in [5.74, 6) is -0.322. The van der Waals surface area contributed by atoms with Crippen LogP contribution < -0.4 is 0 Å². The second kappa shape index (κ2) is 5.35. The van der Waals surface area contributed by atoms with E-state index >= 15 is 0 Å². The van der Waals surface area contributed by atoms with Gasteiger partial charge in [-0.15, -0.1) is 6.58 Å². The van der Waals surface area contributed by atoms with Crippen molar-refractivity contribution in [2.24, 2.45) is 5.92 Å². The van der Waals surface area contributed by atoms with Crippen molar-refractivity contribution in [2.45, 2.75) is 19.3 Å². The van der Waals surface area contributed by atoms with Crippen molar-refractivity contribution in [1.82, 2.24) is 0 Å². The number of halogens is 2. The lowest BCUT2D eigenvalue weighted by Gasteiger charge is -2.09. The summed E-state index contributed by atoms with van der Waals surface area (Å²) in [6, 6.07) is 0. The van der Waals surface area contributed by atoms with Crippen molar-refractivity contribution in [3.8, 4) is 0 Å². The highest BCUT2D eigenvalue weighted by molar-refractivity contribution is 4.72. The van der Waals surface area contributed by atoms with Gasteiger partial charge in [-0.1, -0.05) is 6.08 Å². The molecule has 1 N–H and O–H groups in total. The molecule has 0 saturated heterocycles. The average molecular weight is 150 g/mol. The summed E-state index contributed by atoms with van der Waals surface area (Å²) >= 11 is 0. The maximum Gasteiger partial charge on any atom is 0.239 e. The summed E-state index contributed by atoms with van der Waals surface area (Å²) in [5, 5.41) is 8.52. The second-order valence-electron chi connectivity index (χ2n) is 2.20. The average Bonchev–Trinajstić information content (AvgIpc) is 1.86. The Morgan fingerprint density at radius 1 is 1.50 bits per heavy atom. The number of hydrogen-bond acceptors (Lipinski definition) is 1. The molecule has 0 aromatic rings. The number of alkyl halides is 2. The van der Waals surface area contributed by atoms with Gasteiger partial charge in [0.05, 0.1) is 0 Å². The summed E-state index contributed by atoms with van der Waals surface area (Å²) in [7, 11) is 0. The van der Waals surface area contributed by atoms with Crippen LogP contribution in [0.25, 0.3) is 0 Å². The van der Waals surface area contributed by atoms with E-state index in [4.69, 9.17) is 5.11 Å². The lowest BCUT2D eigenvalue weighted by Crippen LogP contribution is -2.09. The highest BCUT2D eigenvalue weighted by Crippen LogP contribution is 2.13. The molecule has 0 heterocycles. The molecule has 0 saturated carbocycles. The monoisotopic (exact) mass is 150 g/mol. The van der Waals surface area contributed by atoms with Gasteiger partial charge in [0, 0.05) is 13.0 Å². The van der Waals surface area contributed by atoms with Crippen LogP contribution in [0.15, 0.2) is 12.7 Å². The Morgan fingerprint density at radius 2 is 2.10 bits per heavy atom. The van der Waals surface area contributed by atoms with Gasteiger partial charge in [0.1, 0.15) is 0 Å². The zero-order valence-electron chi connectivity index (χ0n) is 5.76. The molecule has 0 rings (SSSR count). The summed E-state index contributed by atoms with van der Waals surface area (Å²) in [4.78, 5) is 0. The third-order valence-corrected chi connectivity index (χ3v) is 1.27. The van der Waals surface area contributed by atoms with Gasteiger partial charge in [-0.05, 0) is 12.3 Å². The predicted octanol–water partition coefficient (Wildman–Crippen LogP) is 1.83. The summed E-state index contributed by atoms with van der Waals surface area (Å²) < 4.78 is 23.3. The minimum atomic E-state index is -2.32. The minimum absolute atomic E-state index is 0.184. The third-order valence-electron chi connectivity index (χ3n) is 1.27. The Balaban J connectivity index is 3.48. The molecule has 60 valence electrons. The molecule has 0 aromatic carbocycles. The predicted molar refractivity (Wildman–Crippen MR) is 36.0 cm³/mol. The standard InChI is InChI=1S/C7H12F2O/c1-2-3-6(5-10)4-7(8)9/h2,6-7,10H,1,3-5H2. The SMILES string of the molecule is C=CCC(CO)CC(F)F. The number of hydrogen-bond donors (Lipinski definition) is 1. The minimum Gasteiger partial charge on any atom is -0.396 e. The van der Waals surface area contributed by atoms with Crippen LogP contribution in [0.5, 0.6) is 0 Å². The van der Waals surface area contributed by atoms with E-state index < -0.39 is 6.43 Å². The van der Waals surface area contributed by atoms with Crippen LogP contribution >= 0.6 is 0 Å². The molecule has 0 aromatic heterocycles. The molecular formula is C7H12F2O. The molecule has 0 radical (unpaired) electrons. The summed E-state index contributed by atoms with van der Waals surface area (Å²) in [6.45, 7) is 3.22. The van der Waals surface area contributed by atoms with Crippen molar-refractivity contribution in [3.63, 3.8) is 0 Å². The molecule has 3 heteroatoms. The normalized spacial score (nSPS) is 13.6. The van der Waals surface area contributed by atoms with Crippen LogP contribution in [-0.4, -0.2) is 18.1 Å². The first-order chi connectivity index (χ1) is 4.70. The fraction of sp³-hybridized carbons (Fsp3) is 0.714. The van der Waals surface area contributed by atoms with Crippen LogP contribution in [0.4, 0.5) is 8.78 Å². The Hall–Kier alpha value is -0.440. The van der Waals surface area contributed by atoms with E-state index in [0.29, 0.717) is 6.42 Å². The van der Waals surface area contributed by atoms with Crippen LogP contribution in [0.1, 0.15) is 12.8 Å². The van der Waals surface area contributed by atoms with E-state index in [0.717, 1.165) is 0 Å². The van der Waals surface area contributed by atoms with Gasteiger partial charge in [-0.3, -0.25) is 0 Å². The molecule has 0 amide bonds. The smallest absolute Gasteiger partial charge is 0.239 e. The highest BCUT2D eigenvalue weighted by Gasteiger charge is 2.11. The largest absolute Gasteiger partial charge is 0.396 e. The van der Waals surface area contributed by atoms with Crippen molar-refractivity contribution < 1.29 is 13.9 Å². The molecule has 0 aliphatic heterocycles. The maximum atomic E-state index is 11.6. The fourth-order valence-corrected chi connectivity index (χ4v) is 0.733. The van der Waals surface area contributed by atoms with Crippen molar-refractivity contribution in [2.75, 3.05) is 6.61 Å². The molecule has 1 nitrogen and oxygen atoms in total. The van der Waals surface area contributed by atoms with Crippen LogP contribution in [-0.2, 0) is 0 Å². The highest BCUT2D eigenvalue weighted by atomic mass is 19.3. The van der Waals surface area contributed by atoms with Gasteiger partial charge in [0.2, 0.25) is 6.43 Å². The quantitative estimate of drug-likeness (QED) is 0.593. The zero-order valence-corrected chi connectivity index (χ0v) is 5.76. The lowest BCUT2D eigenvalue weighted by atomic mass is 10.0. The van der Waals surface area contributed by atoms with Gasteiger partial charge in [0.15, 0.2) is 0 Å². The van der Waals surface area contributed by atoms with Crippen molar-refractivity contribution in [1.29, 1.82) is 0 Å².